The Morgan fingerprint density at radius 3 is 1.05 bits per heavy atom. The Bertz CT molecular complexity index is 877. The first-order valence-corrected chi connectivity index (χ1v) is 17.2. The van der Waals surface area contributed by atoms with Crippen molar-refractivity contribution in [2.75, 3.05) is 0 Å². The molecule has 2 aromatic carbocycles. The molecule has 2 nitrogen and oxygen atoms in total. The van der Waals surface area contributed by atoms with Crippen molar-refractivity contribution in [3.8, 4) is 11.5 Å². The van der Waals surface area contributed by atoms with Gasteiger partial charge < -0.3 is 10.2 Å². The fraction of sp³-hybridized carbons (Fsp3) is 0.684. The lowest BCUT2D eigenvalue weighted by Gasteiger charge is -2.40. The zero-order valence-electron chi connectivity index (χ0n) is 26.6. The number of phenols is 2. The standard InChI is InChI=1S/C38H60O2/c1-5-9-14-20-30-26-34(27-31(36(30)39)21-15-10-6-2)38(24-18-13-19-25-38)35-28-32(22-16-11-7-3)37(40)33(29-35)23-17-12-8-4/h26-29,39-40H,5-25H2,1-4H3. The van der Waals surface area contributed by atoms with Crippen LogP contribution in [0.3, 0.4) is 0 Å². The Hall–Kier alpha value is -1.96. The van der Waals surface area contributed by atoms with Gasteiger partial charge in [0.15, 0.2) is 0 Å². The first kappa shape index (κ1) is 32.6. The van der Waals surface area contributed by atoms with Crippen molar-refractivity contribution in [3.05, 3.63) is 57.6 Å². The summed E-state index contributed by atoms with van der Waals surface area (Å²) >= 11 is 0. The van der Waals surface area contributed by atoms with E-state index in [4.69, 9.17) is 0 Å². The second-order valence-electron chi connectivity index (χ2n) is 12.8. The van der Waals surface area contributed by atoms with Crippen molar-refractivity contribution < 1.29 is 10.2 Å². The summed E-state index contributed by atoms with van der Waals surface area (Å²) in [5.74, 6) is 1.13. The molecule has 1 aliphatic rings. The third-order valence-electron chi connectivity index (χ3n) is 9.55. The quantitative estimate of drug-likeness (QED) is 0.182. The first-order valence-electron chi connectivity index (χ1n) is 17.2. The summed E-state index contributed by atoms with van der Waals surface area (Å²) in [6, 6.07) is 9.56. The number of hydrogen-bond donors (Lipinski definition) is 2. The zero-order valence-corrected chi connectivity index (χ0v) is 26.6. The fourth-order valence-corrected chi connectivity index (χ4v) is 7.00. The SMILES string of the molecule is CCCCCc1cc(C2(c3cc(CCCCC)c(O)c(CCCCC)c3)CCCCC2)cc(CCCCC)c1O. The van der Waals surface area contributed by atoms with Crippen LogP contribution in [-0.2, 0) is 31.1 Å². The molecule has 0 amide bonds. The number of phenolic OH excluding ortho intramolecular Hbond substituents is 2. The van der Waals surface area contributed by atoms with Gasteiger partial charge >= 0.3 is 0 Å². The molecule has 1 fully saturated rings. The molecule has 0 heterocycles. The van der Waals surface area contributed by atoms with Crippen molar-refractivity contribution in [3.63, 3.8) is 0 Å². The van der Waals surface area contributed by atoms with Crippen LogP contribution in [0.4, 0.5) is 0 Å². The van der Waals surface area contributed by atoms with E-state index >= 15 is 0 Å². The number of benzene rings is 2. The third kappa shape index (κ3) is 8.53. The minimum absolute atomic E-state index is 0.0301. The molecule has 2 aromatic rings. The molecule has 0 saturated heterocycles. The molecule has 0 spiro atoms. The lowest BCUT2D eigenvalue weighted by atomic mass is 9.64. The smallest absolute Gasteiger partial charge is 0.121 e. The highest BCUT2D eigenvalue weighted by atomic mass is 16.3. The van der Waals surface area contributed by atoms with Gasteiger partial charge in [-0.05, 0) is 97.6 Å². The van der Waals surface area contributed by atoms with E-state index in [1.165, 1.54) is 81.8 Å². The maximum atomic E-state index is 11.4. The van der Waals surface area contributed by atoms with Crippen molar-refractivity contribution in [1.82, 2.24) is 0 Å². The van der Waals surface area contributed by atoms with E-state index in [0.29, 0.717) is 11.5 Å². The lowest BCUT2D eigenvalue weighted by Crippen LogP contribution is -2.31. The van der Waals surface area contributed by atoms with Crippen molar-refractivity contribution in [1.29, 1.82) is 0 Å². The van der Waals surface area contributed by atoms with Gasteiger partial charge in [-0.1, -0.05) is 123 Å². The Morgan fingerprint density at radius 1 is 0.475 bits per heavy atom. The van der Waals surface area contributed by atoms with Gasteiger partial charge in [-0.3, -0.25) is 0 Å². The highest BCUT2D eigenvalue weighted by Crippen LogP contribution is 2.48. The normalized spacial score (nSPS) is 15.0. The molecule has 0 bridgehead atoms. The van der Waals surface area contributed by atoms with E-state index in [1.807, 2.05) is 0 Å². The van der Waals surface area contributed by atoms with Gasteiger partial charge in [0.25, 0.3) is 0 Å². The summed E-state index contributed by atoms with van der Waals surface area (Å²) in [7, 11) is 0. The molecule has 1 aliphatic carbocycles. The van der Waals surface area contributed by atoms with Gasteiger partial charge in [0.05, 0.1) is 0 Å². The molecule has 0 unspecified atom stereocenters. The van der Waals surface area contributed by atoms with E-state index in [9.17, 15) is 10.2 Å². The molecule has 0 atom stereocenters. The monoisotopic (exact) mass is 548 g/mol. The predicted octanol–water partition coefficient (Wildman–Crippen LogP) is 11.3. The lowest BCUT2D eigenvalue weighted by molar-refractivity contribution is 0.343. The average Bonchev–Trinajstić information content (AvgIpc) is 2.97. The van der Waals surface area contributed by atoms with Crippen LogP contribution in [0.25, 0.3) is 0 Å². The highest BCUT2D eigenvalue weighted by molar-refractivity contribution is 5.53. The van der Waals surface area contributed by atoms with Gasteiger partial charge in [-0.15, -0.1) is 0 Å². The van der Waals surface area contributed by atoms with Crippen LogP contribution >= 0.6 is 0 Å². The second kappa shape index (κ2) is 17.1. The van der Waals surface area contributed by atoms with Crippen LogP contribution < -0.4 is 0 Å². The van der Waals surface area contributed by atoms with Crippen LogP contribution in [0.15, 0.2) is 24.3 Å². The van der Waals surface area contributed by atoms with Crippen molar-refractivity contribution in [2.45, 2.75) is 168 Å². The first-order chi connectivity index (χ1) is 19.5. The van der Waals surface area contributed by atoms with E-state index in [1.54, 1.807) is 0 Å². The topological polar surface area (TPSA) is 40.5 Å². The predicted molar refractivity (Wildman–Crippen MR) is 173 cm³/mol. The molecule has 2 heteroatoms. The molecule has 224 valence electrons. The maximum absolute atomic E-state index is 11.4. The van der Waals surface area contributed by atoms with Crippen LogP contribution in [-0.4, -0.2) is 10.2 Å². The van der Waals surface area contributed by atoms with Gasteiger partial charge in [-0.25, -0.2) is 0 Å². The van der Waals surface area contributed by atoms with Crippen LogP contribution in [0.2, 0.25) is 0 Å². The van der Waals surface area contributed by atoms with Crippen LogP contribution in [0.5, 0.6) is 11.5 Å². The summed E-state index contributed by atoms with van der Waals surface area (Å²) in [6.07, 6.45) is 24.1. The zero-order chi connectivity index (χ0) is 28.8. The minimum Gasteiger partial charge on any atom is -0.507 e. The minimum atomic E-state index is -0.0301. The summed E-state index contributed by atoms with van der Waals surface area (Å²) in [5, 5.41) is 22.8. The largest absolute Gasteiger partial charge is 0.507 e. The Morgan fingerprint density at radius 2 is 0.775 bits per heavy atom. The Kier molecular flexibility index (Phi) is 13.9. The van der Waals surface area contributed by atoms with E-state index in [-0.39, 0.29) is 5.41 Å². The number of aryl methyl sites for hydroxylation is 4. The molecule has 0 radical (unpaired) electrons. The molecule has 0 aromatic heterocycles. The molecule has 3 rings (SSSR count). The average molecular weight is 549 g/mol. The number of rotatable bonds is 18. The van der Waals surface area contributed by atoms with E-state index in [0.717, 1.165) is 86.5 Å². The Balaban J connectivity index is 2.15. The maximum Gasteiger partial charge on any atom is 0.121 e. The van der Waals surface area contributed by atoms with Crippen molar-refractivity contribution >= 4 is 0 Å². The third-order valence-corrected chi connectivity index (χ3v) is 9.55. The van der Waals surface area contributed by atoms with Crippen molar-refractivity contribution in [2.24, 2.45) is 0 Å². The molecule has 2 N–H and O–H groups in total. The summed E-state index contributed by atoms with van der Waals surface area (Å²) in [6.45, 7) is 9.02. The number of hydrogen-bond acceptors (Lipinski definition) is 2. The van der Waals surface area contributed by atoms with Gasteiger partial charge in [0.2, 0.25) is 0 Å². The van der Waals surface area contributed by atoms with Crippen LogP contribution in [0.1, 0.15) is 170 Å². The molecule has 40 heavy (non-hydrogen) atoms. The number of aromatic hydroxyl groups is 2. The number of unbranched alkanes of at least 4 members (excludes halogenated alkanes) is 8. The molecular weight excluding hydrogens is 488 g/mol. The molecule has 1 saturated carbocycles. The summed E-state index contributed by atoms with van der Waals surface area (Å²) in [4.78, 5) is 0. The summed E-state index contributed by atoms with van der Waals surface area (Å²) < 4.78 is 0. The van der Waals surface area contributed by atoms with Gasteiger partial charge in [-0.2, -0.15) is 0 Å². The summed E-state index contributed by atoms with van der Waals surface area (Å²) in [5.41, 5.74) is 7.46. The highest BCUT2D eigenvalue weighted by Gasteiger charge is 2.37. The van der Waals surface area contributed by atoms with E-state index in [2.05, 4.69) is 52.0 Å². The van der Waals surface area contributed by atoms with E-state index < -0.39 is 0 Å². The molecular formula is C38H60O2. The second-order valence-corrected chi connectivity index (χ2v) is 12.8. The fourth-order valence-electron chi connectivity index (χ4n) is 7.00. The van der Waals surface area contributed by atoms with Crippen LogP contribution in [0, 0.1) is 0 Å². The molecule has 0 aliphatic heterocycles. The van der Waals surface area contributed by atoms with Gasteiger partial charge in [0, 0.05) is 5.41 Å². The van der Waals surface area contributed by atoms with Gasteiger partial charge in [0.1, 0.15) is 11.5 Å². The Labute approximate surface area is 247 Å².